The largest absolute Gasteiger partial charge is 0.464 e. The van der Waals surface area contributed by atoms with Gasteiger partial charge in [0, 0.05) is 25.3 Å². The minimum Gasteiger partial charge on any atom is -0.464 e. The molecule has 0 aliphatic carbocycles. The van der Waals surface area contributed by atoms with Crippen LogP contribution in [0, 0.1) is 5.92 Å². The monoisotopic (exact) mass is 799 g/mol. The quantitative estimate of drug-likeness (QED) is 0.0360. The third-order valence-corrected chi connectivity index (χ3v) is 10.1. The van der Waals surface area contributed by atoms with E-state index in [0.717, 1.165) is 77.0 Å². The summed E-state index contributed by atoms with van der Waals surface area (Å²) in [7, 11) is 0. The van der Waals surface area contributed by atoms with Crippen LogP contribution in [0.3, 0.4) is 0 Å². The molecule has 0 aliphatic heterocycles. The number of nitrogens with one attached hydrogen (secondary N) is 1. The lowest BCUT2D eigenvalue weighted by molar-refractivity contribution is -0.147. The first-order chi connectivity index (χ1) is 27.9. The summed E-state index contributed by atoms with van der Waals surface area (Å²) in [6, 6.07) is 0. The zero-order valence-electron chi connectivity index (χ0n) is 36.9. The Kier molecular flexibility index (Phi) is 40.4. The Morgan fingerprint density at radius 1 is 0.596 bits per heavy atom. The van der Waals surface area contributed by atoms with Gasteiger partial charge in [0.05, 0.1) is 25.7 Å². The number of ether oxygens (including phenoxy) is 2. The highest BCUT2D eigenvalue weighted by Gasteiger charge is 2.18. The number of rotatable bonds is 41. The van der Waals surface area contributed by atoms with Crippen LogP contribution >= 0.6 is 0 Å². The molecule has 57 heavy (non-hydrogen) atoms. The summed E-state index contributed by atoms with van der Waals surface area (Å²) in [6.45, 7) is 11.3. The number of allylic oxidation sites excluding steroid dienone is 8. The summed E-state index contributed by atoms with van der Waals surface area (Å²) in [5.41, 5.74) is 0. The number of amides is 1. The topological polar surface area (TPSA) is 105 Å². The molecule has 0 rings (SSSR count). The predicted molar refractivity (Wildman–Crippen MR) is 240 cm³/mol. The lowest BCUT2D eigenvalue weighted by Gasteiger charge is -2.24. The number of hydrogen-bond acceptors (Lipinski definition) is 7. The lowest BCUT2D eigenvalue weighted by Crippen LogP contribution is -2.43. The van der Waals surface area contributed by atoms with Crippen molar-refractivity contribution in [2.45, 2.75) is 187 Å². The minimum absolute atomic E-state index is 0.0561. The maximum absolute atomic E-state index is 13.1. The van der Waals surface area contributed by atoms with Gasteiger partial charge in [0.2, 0.25) is 5.91 Å². The molecule has 2 N–H and O–H groups in total. The Bertz CT molecular complexity index is 1020. The fraction of sp³-hybridized carbons (Fsp3) is 0.735. The molecule has 0 saturated carbocycles. The van der Waals surface area contributed by atoms with E-state index in [2.05, 4.69) is 74.4 Å². The number of esters is 2. The number of nitrogens with zero attached hydrogens (tertiary/aromatic N) is 1. The van der Waals surface area contributed by atoms with Gasteiger partial charge in [-0.15, -0.1) is 6.58 Å². The molecule has 0 spiro atoms. The van der Waals surface area contributed by atoms with Crippen LogP contribution in [0.5, 0.6) is 0 Å². The zero-order chi connectivity index (χ0) is 41.9. The SMILES string of the molecule is C=C[C@H](CNCC(=O)N(CCOC(=O)CCCCCCC/C=C\C/C=C\CCCCC)CCOC(=O)CCCCCCC/C=C\C/C=C\CCCCC)[C@H](O)CC. The van der Waals surface area contributed by atoms with Gasteiger partial charge in [0.1, 0.15) is 13.2 Å². The molecule has 0 unspecified atom stereocenters. The van der Waals surface area contributed by atoms with Crippen LogP contribution in [-0.4, -0.2) is 73.3 Å². The van der Waals surface area contributed by atoms with E-state index >= 15 is 0 Å². The summed E-state index contributed by atoms with van der Waals surface area (Å²) >= 11 is 0. The summed E-state index contributed by atoms with van der Waals surface area (Å²) < 4.78 is 11.0. The van der Waals surface area contributed by atoms with Gasteiger partial charge in [-0.2, -0.15) is 0 Å². The normalized spacial score (nSPS) is 12.9. The average Bonchev–Trinajstić information content (AvgIpc) is 3.21. The third-order valence-electron chi connectivity index (χ3n) is 10.1. The fourth-order valence-corrected chi connectivity index (χ4v) is 6.34. The van der Waals surface area contributed by atoms with Crippen LogP contribution < -0.4 is 5.32 Å². The van der Waals surface area contributed by atoms with Gasteiger partial charge in [-0.25, -0.2) is 0 Å². The molecule has 0 aliphatic rings. The van der Waals surface area contributed by atoms with E-state index in [1.165, 1.54) is 64.2 Å². The predicted octanol–water partition coefficient (Wildman–Crippen LogP) is 11.7. The molecule has 0 aromatic heterocycles. The van der Waals surface area contributed by atoms with Crippen LogP contribution in [0.1, 0.15) is 181 Å². The molecule has 0 heterocycles. The Hall–Kier alpha value is -2.97. The number of carbonyl (C=O) groups is 3. The van der Waals surface area contributed by atoms with Crippen molar-refractivity contribution in [3.05, 3.63) is 61.3 Å². The van der Waals surface area contributed by atoms with E-state index in [9.17, 15) is 19.5 Å². The molecule has 8 nitrogen and oxygen atoms in total. The van der Waals surface area contributed by atoms with Crippen LogP contribution in [0.4, 0.5) is 0 Å². The van der Waals surface area contributed by atoms with Gasteiger partial charge in [-0.3, -0.25) is 14.4 Å². The Balaban J connectivity index is 4.38. The lowest BCUT2D eigenvalue weighted by atomic mass is 10.0. The average molecular weight is 799 g/mol. The fourth-order valence-electron chi connectivity index (χ4n) is 6.34. The molecule has 2 atom stereocenters. The van der Waals surface area contributed by atoms with Crippen LogP contribution in [0.25, 0.3) is 0 Å². The number of aliphatic hydroxyl groups is 1. The Morgan fingerprint density at radius 3 is 1.40 bits per heavy atom. The second kappa shape index (κ2) is 42.6. The molecular weight excluding hydrogens is 713 g/mol. The van der Waals surface area contributed by atoms with Crippen LogP contribution in [0.15, 0.2) is 61.3 Å². The molecule has 1 amide bonds. The molecular formula is C49H86N2O6. The second-order valence-corrected chi connectivity index (χ2v) is 15.3. The van der Waals surface area contributed by atoms with Crippen molar-refractivity contribution in [1.29, 1.82) is 0 Å². The highest BCUT2D eigenvalue weighted by molar-refractivity contribution is 5.78. The third kappa shape index (κ3) is 37.1. The smallest absolute Gasteiger partial charge is 0.305 e. The molecule has 328 valence electrons. The molecule has 0 radical (unpaired) electrons. The van der Waals surface area contributed by atoms with Gasteiger partial charge in [-0.1, -0.05) is 140 Å². The minimum atomic E-state index is -0.529. The first-order valence-corrected chi connectivity index (χ1v) is 23.1. The Morgan fingerprint density at radius 2 is 1.00 bits per heavy atom. The maximum atomic E-state index is 13.1. The maximum Gasteiger partial charge on any atom is 0.305 e. The van der Waals surface area contributed by atoms with E-state index in [-0.39, 0.29) is 56.6 Å². The standard InChI is InChI=1S/C49H86N2O6/c1-5-9-11-13-15-17-19-21-23-25-27-29-31-33-35-37-48(54)56-41-39-51(47(53)44-50-43-45(7-3)46(52)8-4)40-42-57-49(55)38-36-34-32-30-28-26-24-22-20-18-16-14-12-10-6-2/h7,15-18,21-24,45-46,50,52H,3,5-6,8-14,19-20,25-44H2,1-2,4H3/b17-15-,18-16-,23-21-,24-22-/t45-,46-/m1/s1. The van der Waals surface area contributed by atoms with E-state index < -0.39 is 6.10 Å². The van der Waals surface area contributed by atoms with Crippen LogP contribution in [0.2, 0.25) is 0 Å². The van der Waals surface area contributed by atoms with Crippen molar-refractivity contribution < 1.29 is 29.0 Å². The molecule has 0 fully saturated rings. The number of hydrogen-bond donors (Lipinski definition) is 2. The van der Waals surface area contributed by atoms with E-state index in [1.807, 2.05) is 6.92 Å². The summed E-state index contributed by atoms with van der Waals surface area (Å²) in [4.78, 5) is 39.6. The van der Waals surface area contributed by atoms with E-state index in [0.29, 0.717) is 25.8 Å². The number of aliphatic hydroxyl groups excluding tert-OH is 1. The first kappa shape index (κ1) is 54.0. The van der Waals surface area contributed by atoms with Crippen molar-refractivity contribution in [2.24, 2.45) is 5.92 Å². The molecule has 8 heteroatoms. The van der Waals surface area contributed by atoms with Crippen molar-refractivity contribution in [2.75, 3.05) is 39.4 Å². The van der Waals surface area contributed by atoms with Crippen molar-refractivity contribution in [3.63, 3.8) is 0 Å². The number of unbranched alkanes of at least 4 members (excludes halogenated alkanes) is 16. The first-order valence-electron chi connectivity index (χ1n) is 23.1. The van der Waals surface area contributed by atoms with Gasteiger partial charge in [0.25, 0.3) is 0 Å². The van der Waals surface area contributed by atoms with Gasteiger partial charge < -0.3 is 24.8 Å². The molecule has 0 bridgehead atoms. The second-order valence-electron chi connectivity index (χ2n) is 15.3. The highest BCUT2D eigenvalue weighted by Crippen LogP contribution is 2.11. The highest BCUT2D eigenvalue weighted by atomic mass is 16.5. The summed E-state index contributed by atoms with van der Waals surface area (Å²) in [5.74, 6) is -0.852. The molecule has 0 saturated heterocycles. The van der Waals surface area contributed by atoms with Gasteiger partial charge in [0.15, 0.2) is 0 Å². The van der Waals surface area contributed by atoms with Crippen molar-refractivity contribution in [1.82, 2.24) is 10.2 Å². The number of carbonyl (C=O) groups excluding carboxylic acids is 3. The van der Waals surface area contributed by atoms with Crippen LogP contribution in [-0.2, 0) is 23.9 Å². The zero-order valence-corrected chi connectivity index (χ0v) is 36.9. The van der Waals surface area contributed by atoms with Crippen molar-refractivity contribution in [3.8, 4) is 0 Å². The molecule has 0 aromatic rings. The van der Waals surface area contributed by atoms with Crippen molar-refractivity contribution >= 4 is 17.8 Å². The molecule has 0 aromatic carbocycles. The summed E-state index contributed by atoms with van der Waals surface area (Å²) in [5, 5.41) is 13.3. The van der Waals surface area contributed by atoms with E-state index in [4.69, 9.17) is 9.47 Å². The summed E-state index contributed by atoms with van der Waals surface area (Å²) in [6.07, 6.45) is 45.4. The van der Waals surface area contributed by atoms with E-state index in [1.54, 1.807) is 11.0 Å². The Labute approximate surface area is 350 Å². The van der Waals surface area contributed by atoms with Gasteiger partial charge >= 0.3 is 11.9 Å². The van der Waals surface area contributed by atoms with Gasteiger partial charge in [-0.05, 0) is 83.5 Å².